The quantitative estimate of drug-likeness (QED) is 0.665. The summed E-state index contributed by atoms with van der Waals surface area (Å²) >= 11 is 0. The third-order valence-electron chi connectivity index (χ3n) is 4.35. The molecule has 0 bridgehead atoms. The maximum Gasteiger partial charge on any atom is 0.387 e. The van der Waals surface area contributed by atoms with Gasteiger partial charge in [0.15, 0.2) is 0 Å². The Labute approximate surface area is 177 Å². The molecule has 9 heteroatoms. The van der Waals surface area contributed by atoms with E-state index in [9.17, 15) is 18.4 Å². The van der Waals surface area contributed by atoms with E-state index < -0.39 is 18.5 Å². The first kappa shape index (κ1) is 21.9. The summed E-state index contributed by atoms with van der Waals surface area (Å²) in [5.74, 6) is -1.45. The van der Waals surface area contributed by atoms with Gasteiger partial charge >= 0.3 is 12.6 Å². The largest absolute Gasteiger partial charge is 0.462 e. The average molecular weight is 429 g/mol. The summed E-state index contributed by atoms with van der Waals surface area (Å²) in [4.78, 5) is 30.1. The van der Waals surface area contributed by atoms with Gasteiger partial charge in [0, 0.05) is 11.3 Å². The van der Waals surface area contributed by atoms with Crippen molar-refractivity contribution in [3.63, 3.8) is 0 Å². The van der Waals surface area contributed by atoms with Crippen molar-refractivity contribution in [1.82, 2.24) is 5.32 Å². The van der Waals surface area contributed by atoms with Crippen LogP contribution in [0.5, 0.6) is 5.75 Å². The highest BCUT2D eigenvalue weighted by Crippen LogP contribution is 2.31. The number of alkyl halides is 2. The summed E-state index contributed by atoms with van der Waals surface area (Å²) in [6.07, 6.45) is 0.440. The number of para-hydroxylation sites is 2. The van der Waals surface area contributed by atoms with Gasteiger partial charge in [-0.1, -0.05) is 25.1 Å². The van der Waals surface area contributed by atoms with E-state index in [0.717, 1.165) is 0 Å². The fourth-order valence-electron chi connectivity index (χ4n) is 2.99. The Hall–Kier alpha value is -3.75. The highest BCUT2D eigenvalue weighted by Gasteiger charge is 2.27. The molecule has 162 valence electrons. The fraction of sp³-hybridized carbons (Fsp3) is 0.227. The lowest BCUT2D eigenvalue weighted by molar-refractivity contribution is -0.137. The number of hydrogen-bond acceptors (Lipinski definition) is 6. The summed E-state index contributed by atoms with van der Waals surface area (Å²) in [7, 11) is 0. The van der Waals surface area contributed by atoms with Crippen molar-refractivity contribution >= 4 is 29.1 Å². The van der Waals surface area contributed by atoms with Gasteiger partial charge in [0.1, 0.15) is 17.2 Å². The number of rotatable bonds is 6. The number of benzene rings is 2. The first-order valence-corrected chi connectivity index (χ1v) is 9.64. The second kappa shape index (κ2) is 9.84. The van der Waals surface area contributed by atoms with Crippen molar-refractivity contribution < 1.29 is 27.8 Å². The molecule has 1 aliphatic heterocycles. The van der Waals surface area contributed by atoms with Gasteiger partial charge in [-0.2, -0.15) is 8.78 Å². The minimum Gasteiger partial charge on any atom is -0.462 e. The first-order chi connectivity index (χ1) is 14.9. The second-order valence-corrected chi connectivity index (χ2v) is 6.39. The first-order valence-electron chi connectivity index (χ1n) is 9.64. The highest BCUT2D eigenvalue weighted by molar-refractivity contribution is 6.25. The number of hydrogen-bond donors (Lipinski definition) is 2. The van der Waals surface area contributed by atoms with E-state index in [4.69, 9.17) is 4.74 Å². The van der Waals surface area contributed by atoms with Gasteiger partial charge in [-0.3, -0.25) is 4.79 Å². The van der Waals surface area contributed by atoms with E-state index in [2.05, 4.69) is 20.4 Å². The zero-order valence-electron chi connectivity index (χ0n) is 16.9. The number of amidine groups is 1. The predicted molar refractivity (Wildman–Crippen MR) is 112 cm³/mol. The number of halogens is 2. The van der Waals surface area contributed by atoms with E-state index in [1.807, 2.05) is 13.0 Å². The van der Waals surface area contributed by atoms with Crippen molar-refractivity contribution in [2.75, 3.05) is 11.9 Å². The summed E-state index contributed by atoms with van der Waals surface area (Å²) in [6, 6.07) is 12.5. The number of ether oxygens (including phenoxy) is 2. The number of allylic oxidation sites excluding steroid dienone is 1. The van der Waals surface area contributed by atoms with Gasteiger partial charge in [-0.15, -0.1) is 0 Å². The number of fused-ring (bicyclic) bond motifs is 1. The van der Waals surface area contributed by atoms with E-state index in [0.29, 0.717) is 23.5 Å². The van der Waals surface area contributed by atoms with Crippen LogP contribution in [0, 0.1) is 0 Å². The molecule has 31 heavy (non-hydrogen) atoms. The lowest BCUT2D eigenvalue weighted by atomic mass is 10.1. The lowest BCUT2D eigenvalue weighted by Crippen LogP contribution is -2.35. The Morgan fingerprint density at radius 3 is 2.61 bits per heavy atom. The van der Waals surface area contributed by atoms with Crippen molar-refractivity contribution in [1.29, 1.82) is 0 Å². The number of anilines is 1. The lowest BCUT2D eigenvalue weighted by Gasteiger charge is -2.15. The molecular weight excluding hydrogens is 408 g/mol. The minimum absolute atomic E-state index is 0.00192. The van der Waals surface area contributed by atoms with Crippen LogP contribution in [-0.4, -0.2) is 30.9 Å². The zero-order chi connectivity index (χ0) is 22.4. The molecule has 1 heterocycles. The Balaban J connectivity index is 2.01. The smallest absolute Gasteiger partial charge is 0.387 e. The molecule has 0 spiro atoms. The third-order valence-corrected chi connectivity index (χ3v) is 4.35. The number of carbonyl (C=O) groups is 2. The molecule has 3 rings (SSSR count). The molecule has 0 radical (unpaired) electrons. The summed E-state index contributed by atoms with van der Waals surface area (Å²) < 4.78 is 34.5. The van der Waals surface area contributed by atoms with Crippen LogP contribution in [0.1, 0.15) is 30.6 Å². The minimum atomic E-state index is -3.02. The van der Waals surface area contributed by atoms with Crippen molar-refractivity contribution in [2.24, 2.45) is 4.99 Å². The number of carbonyl (C=O) groups excluding carboxylic acids is 2. The standard InChI is InChI=1S/C22H21F2N3O4/c1-3-15-18(21(29)30-4-2)19(26-17-11-6-5-10-16(17)25-15)27-20(28)13-8-7-9-14(12-13)31-22(23)24/h5-12,22,25H,3-4H2,1-2H3,(H,26,27,28). The zero-order valence-corrected chi connectivity index (χ0v) is 16.9. The van der Waals surface area contributed by atoms with Gasteiger partial charge in [0.2, 0.25) is 0 Å². The van der Waals surface area contributed by atoms with Crippen LogP contribution < -0.4 is 15.4 Å². The van der Waals surface area contributed by atoms with Crippen LogP contribution in [0.4, 0.5) is 20.2 Å². The van der Waals surface area contributed by atoms with Crippen LogP contribution in [0.2, 0.25) is 0 Å². The number of amides is 1. The van der Waals surface area contributed by atoms with E-state index in [1.165, 1.54) is 24.3 Å². The van der Waals surface area contributed by atoms with E-state index in [-0.39, 0.29) is 29.3 Å². The monoisotopic (exact) mass is 429 g/mol. The molecule has 7 nitrogen and oxygen atoms in total. The van der Waals surface area contributed by atoms with Crippen LogP contribution in [-0.2, 0) is 9.53 Å². The van der Waals surface area contributed by atoms with Gasteiger partial charge in [-0.25, -0.2) is 9.79 Å². The molecule has 0 saturated carbocycles. The van der Waals surface area contributed by atoms with Crippen LogP contribution in [0.15, 0.2) is 64.8 Å². The normalized spacial score (nSPS) is 13.0. The molecule has 2 N–H and O–H groups in total. The number of nitrogens with one attached hydrogen (secondary N) is 2. The van der Waals surface area contributed by atoms with Crippen LogP contribution in [0.3, 0.4) is 0 Å². The molecule has 0 atom stereocenters. The van der Waals surface area contributed by atoms with Crippen molar-refractivity contribution in [3.05, 3.63) is 65.4 Å². The Morgan fingerprint density at radius 1 is 1.13 bits per heavy atom. The molecule has 2 aromatic carbocycles. The van der Waals surface area contributed by atoms with E-state index in [1.54, 1.807) is 25.1 Å². The van der Waals surface area contributed by atoms with Crippen molar-refractivity contribution in [2.45, 2.75) is 26.9 Å². The SMILES string of the molecule is CCOC(=O)C1=C(CC)Nc2ccccc2N=C1NC(=O)c1cccc(OC(F)F)c1. The Morgan fingerprint density at radius 2 is 1.90 bits per heavy atom. The summed E-state index contributed by atoms with van der Waals surface area (Å²) in [6.45, 7) is 0.644. The fourth-order valence-corrected chi connectivity index (χ4v) is 2.99. The average Bonchev–Trinajstić information content (AvgIpc) is 2.89. The van der Waals surface area contributed by atoms with E-state index >= 15 is 0 Å². The van der Waals surface area contributed by atoms with Gasteiger partial charge in [0.25, 0.3) is 5.91 Å². The number of esters is 1. The second-order valence-electron chi connectivity index (χ2n) is 6.39. The molecule has 1 amide bonds. The topological polar surface area (TPSA) is 89.0 Å². The molecule has 2 aromatic rings. The van der Waals surface area contributed by atoms with Gasteiger partial charge < -0.3 is 20.1 Å². The molecule has 0 aliphatic carbocycles. The number of aliphatic imine (C=N–C) groups is 1. The molecular formula is C22H21F2N3O4. The molecule has 0 fully saturated rings. The highest BCUT2D eigenvalue weighted by atomic mass is 19.3. The van der Waals surface area contributed by atoms with Gasteiger partial charge in [0.05, 0.1) is 18.0 Å². The molecule has 1 aliphatic rings. The van der Waals surface area contributed by atoms with Gasteiger partial charge in [-0.05, 0) is 43.7 Å². The molecule has 0 unspecified atom stereocenters. The van der Waals surface area contributed by atoms with Crippen molar-refractivity contribution in [3.8, 4) is 5.75 Å². The summed E-state index contributed by atoms with van der Waals surface area (Å²) in [5.41, 5.74) is 1.86. The predicted octanol–water partition coefficient (Wildman–Crippen LogP) is 4.40. The Bertz CT molecular complexity index is 1050. The Kier molecular flexibility index (Phi) is 6.96. The summed E-state index contributed by atoms with van der Waals surface area (Å²) in [5, 5.41) is 5.80. The van der Waals surface area contributed by atoms with Crippen LogP contribution >= 0.6 is 0 Å². The molecule has 0 aromatic heterocycles. The maximum atomic E-state index is 12.9. The molecule has 0 saturated heterocycles. The van der Waals surface area contributed by atoms with Crippen LogP contribution in [0.25, 0.3) is 0 Å². The maximum absolute atomic E-state index is 12.9. The third kappa shape index (κ3) is 5.25. The number of nitrogens with zero attached hydrogens (tertiary/aromatic N) is 1.